The molecule has 1 aromatic rings. The van der Waals surface area contributed by atoms with Gasteiger partial charge in [-0.05, 0) is 37.5 Å². The van der Waals surface area contributed by atoms with Crippen LogP contribution in [0.5, 0.6) is 11.5 Å². The second-order valence-corrected chi connectivity index (χ2v) is 5.29. The van der Waals surface area contributed by atoms with Gasteiger partial charge < -0.3 is 24.8 Å². The summed E-state index contributed by atoms with van der Waals surface area (Å²) < 4.78 is 39.8. The molecule has 8 heteroatoms. The van der Waals surface area contributed by atoms with Crippen molar-refractivity contribution in [2.75, 3.05) is 19.8 Å². The topological polar surface area (TPSA) is 68.8 Å². The lowest BCUT2D eigenvalue weighted by atomic mass is 10.2. The molecule has 0 saturated carbocycles. The van der Waals surface area contributed by atoms with E-state index in [1.54, 1.807) is 19.1 Å². The van der Waals surface area contributed by atoms with Crippen LogP contribution < -0.4 is 20.1 Å². The van der Waals surface area contributed by atoms with Gasteiger partial charge in [0, 0.05) is 19.7 Å². The normalized spacial score (nSPS) is 16.9. The largest absolute Gasteiger partial charge is 0.490 e. The van der Waals surface area contributed by atoms with E-state index in [-0.39, 0.29) is 30.2 Å². The summed E-state index contributed by atoms with van der Waals surface area (Å²) in [5, 5.41) is 5.44. The van der Waals surface area contributed by atoms with Crippen LogP contribution in [-0.4, -0.2) is 38.5 Å². The minimum atomic E-state index is -2.92. The van der Waals surface area contributed by atoms with Crippen LogP contribution in [0, 0.1) is 0 Å². The lowest BCUT2D eigenvalue weighted by Crippen LogP contribution is -2.39. The SMILES string of the molecule is CCOc1cc(CNC(=O)NCC2CCCO2)ccc1OC(F)F. The van der Waals surface area contributed by atoms with E-state index in [4.69, 9.17) is 9.47 Å². The molecule has 0 aromatic heterocycles. The van der Waals surface area contributed by atoms with Gasteiger partial charge >= 0.3 is 12.6 Å². The van der Waals surface area contributed by atoms with Gasteiger partial charge in [0.05, 0.1) is 12.7 Å². The number of ether oxygens (including phenoxy) is 3. The van der Waals surface area contributed by atoms with E-state index in [1.807, 2.05) is 0 Å². The third-order valence-corrected chi connectivity index (χ3v) is 3.49. The summed E-state index contributed by atoms with van der Waals surface area (Å²) >= 11 is 0. The molecule has 134 valence electrons. The number of hydrogen-bond donors (Lipinski definition) is 2. The molecule has 0 aliphatic carbocycles. The van der Waals surface area contributed by atoms with E-state index in [1.165, 1.54) is 6.07 Å². The number of carbonyl (C=O) groups excluding carboxylic acids is 1. The van der Waals surface area contributed by atoms with Gasteiger partial charge in [0.2, 0.25) is 0 Å². The third-order valence-electron chi connectivity index (χ3n) is 3.49. The molecule has 2 N–H and O–H groups in total. The Balaban J connectivity index is 1.84. The van der Waals surface area contributed by atoms with Gasteiger partial charge in [-0.2, -0.15) is 8.78 Å². The minimum absolute atomic E-state index is 0.0292. The smallest absolute Gasteiger partial charge is 0.387 e. The second kappa shape index (κ2) is 9.27. The Kier molecular flexibility index (Phi) is 7.05. The van der Waals surface area contributed by atoms with E-state index < -0.39 is 6.61 Å². The molecule has 2 rings (SSSR count). The second-order valence-electron chi connectivity index (χ2n) is 5.29. The predicted molar refractivity (Wildman–Crippen MR) is 83.5 cm³/mol. The molecule has 1 unspecified atom stereocenters. The average molecular weight is 344 g/mol. The fourth-order valence-corrected chi connectivity index (χ4v) is 2.38. The zero-order valence-electron chi connectivity index (χ0n) is 13.5. The third kappa shape index (κ3) is 5.84. The zero-order valence-corrected chi connectivity index (χ0v) is 13.5. The van der Waals surface area contributed by atoms with E-state index in [0.29, 0.717) is 18.7 Å². The minimum Gasteiger partial charge on any atom is -0.490 e. The lowest BCUT2D eigenvalue weighted by molar-refractivity contribution is -0.0514. The predicted octanol–water partition coefficient (Wildman–Crippen LogP) is 2.66. The number of rotatable bonds is 8. The molecule has 1 atom stereocenters. The van der Waals surface area contributed by atoms with E-state index in [2.05, 4.69) is 15.4 Å². The van der Waals surface area contributed by atoms with Gasteiger partial charge in [0.15, 0.2) is 11.5 Å². The molecule has 1 saturated heterocycles. The number of hydrogen-bond acceptors (Lipinski definition) is 4. The Labute approximate surface area is 139 Å². The number of halogens is 2. The molecular weight excluding hydrogens is 322 g/mol. The molecule has 2 amide bonds. The molecule has 1 aliphatic heterocycles. The van der Waals surface area contributed by atoms with E-state index >= 15 is 0 Å². The van der Waals surface area contributed by atoms with Crippen molar-refractivity contribution >= 4 is 6.03 Å². The standard InChI is InChI=1S/C16H22F2N2O4/c1-2-22-14-8-11(5-6-13(14)24-15(17)18)9-19-16(21)20-10-12-4-3-7-23-12/h5-6,8,12,15H,2-4,7,9-10H2,1H3,(H2,19,20,21). The number of alkyl halides is 2. The van der Waals surface area contributed by atoms with Crippen LogP contribution in [0.15, 0.2) is 18.2 Å². The molecule has 24 heavy (non-hydrogen) atoms. The first-order valence-corrected chi connectivity index (χ1v) is 7.92. The average Bonchev–Trinajstić information content (AvgIpc) is 3.06. The Morgan fingerprint density at radius 2 is 2.21 bits per heavy atom. The number of benzene rings is 1. The first kappa shape index (κ1) is 18.3. The number of urea groups is 1. The monoisotopic (exact) mass is 344 g/mol. The van der Waals surface area contributed by atoms with Crippen LogP contribution in [0.2, 0.25) is 0 Å². The highest BCUT2D eigenvalue weighted by Crippen LogP contribution is 2.29. The summed E-state index contributed by atoms with van der Waals surface area (Å²) in [6.07, 6.45) is 2.04. The van der Waals surface area contributed by atoms with Gasteiger partial charge in [-0.15, -0.1) is 0 Å². The highest BCUT2D eigenvalue weighted by atomic mass is 19.3. The fourth-order valence-electron chi connectivity index (χ4n) is 2.38. The Hall–Kier alpha value is -2.09. The molecule has 0 radical (unpaired) electrons. The maximum absolute atomic E-state index is 12.4. The number of amides is 2. The Bertz CT molecular complexity index is 537. The van der Waals surface area contributed by atoms with Crippen LogP contribution in [-0.2, 0) is 11.3 Å². The first-order valence-electron chi connectivity index (χ1n) is 7.92. The number of nitrogens with one attached hydrogen (secondary N) is 2. The maximum Gasteiger partial charge on any atom is 0.387 e. The summed E-state index contributed by atoms with van der Waals surface area (Å²) in [4.78, 5) is 11.8. The van der Waals surface area contributed by atoms with Crippen molar-refractivity contribution in [1.82, 2.24) is 10.6 Å². The first-order chi connectivity index (χ1) is 11.6. The van der Waals surface area contributed by atoms with Crippen molar-refractivity contribution in [2.45, 2.75) is 39.0 Å². The van der Waals surface area contributed by atoms with Gasteiger partial charge in [-0.1, -0.05) is 6.07 Å². The molecule has 0 bridgehead atoms. The van der Waals surface area contributed by atoms with E-state index in [9.17, 15) is 13.6 Å². The molecule has 6 nitrogen and oxygen atoms in total. The highest BCUT2D eigenvalue weighted by molar-refractivity contribution is 5.73. The zero-order chi connectivity index (χ0) is 17.4. The van der Waals surface area contributed by atoms with Gasteiger partial charge in [0.25, 0.3) is 0 Å². The van der Waals surface area contributed by atoms with Crippen molar-refractivity contribution < 1.29 is 27.8 Å². The summed E-state index contributed by atoms with van der Waals surface area (Å²) in [6.45, 7) is 0.593. The number of carbonyl (C=O) groups is 1. The highest BCUT2D eigenvalue weighted by Gasteiger charge is 2.16. The summed E-state index contributed by atoms with van der Waals surface area (Å²) in [5.41, 5.74) is 0.715. The van der Waals surface area contributed by atoms with Crippen molar-refractivity contribution in [3.05, 3.63) is 23.8 Å². The van der Waals surface area contributed by atoms with Crippen molar-refractivity contribution in [3.8, 4) is 11.5 Å². The fraction of sp³-hybridized carbons (Fsp3) is 0.562. The molecule has 1 fully saturated rings. The van der Waals surface area contributed by atoms with Crippen molar-refractivity contribution in [3.63, 3.8) is 0 Å². The van der Waals surface area contributed by atoms with Gasteiger partial charge in [0.1, 0.15) is 0 Å². The molecule has 1 aromatic carbocycles. The maximum atomic E-state index is 12.4. The van der Waals surface area contributed by atoms with E-state index in [0.717, 1.165) is 19.4 Å². The quantitative estimate of drug-likeness (QED) is 0.761. The van der Waals surface area contributed by atoms with Gasteiger partial charge in [-0.3, -0.25) is 0 Å². The van der Waals surface area contributed by atoms with Crippen molar-refractivity contribution in [2.24, 2.45) is 0 Å². The molecule has 1 aliphatic rings. The van der Waals surface area contributed by atoms with Crippen LogP contribution in [0.3, 0.4) is 0 Å². The molecular formula is C16H22F2N2O4. The summed E-state index contributed by atoms with van der Waals surface area (Å²) in [5.74, 6) is 0.190. The molecule has 0 spiro atoms. The molecule has 1 heterocycles. The Morgan fingerprint density at radius 3 is 2.88 bits per heavy atom. The Morgan fingerprint density at radius 1 is 1.38 bits per heavy atom. The van der Waals surface area contributed by atoms with Crippen LogP contribution in [0.25, 0.3) is 0 Å². The van der Waals surface area contributed by atoms with Crippen LogP contribution >= 0.6 is 0 Å². The summed E-state index contributed by atoms with van der Waals surface area (Å²) in [7, 11) is 0. The lowest BCUT2D eigenvalue weighted by Gasteiger charge is -2.14. The van der Waals surface area contributed by atoms with Crippen LogP contribution in [0.1, 0.15) is 25.3 Å². The van der Waals surface area contributed by atoms with Crippen molar-refractivity contribution in [1.29, 1.82) is 0 Å². The van der Waals surface area contributed by atoms with Gasteiger partial charge in [-0.25, -0.2) is 4.79 Å². The van der Waals surface area contributed by atoms with Crippen LogP contribution in [0.4, 0.5) is 13.6 Å². The summed E-state index contributed by atoms with van der Waals surface area (Å²) in [6, 6.07) is 4.26.